The minimum absolute atomic E-state index is 0. The standard InChI is InChI=1S/C31H34N2O2.ClH/c34-20-4-7-26-16-19-33(22-30(26)29-13-10-25-14-17-32-18-15-28(25)21-29)31(35)27-11-8-24(9-12-27)23-5-2-1-3-6-23;/h1-3,5-6,8-13,20-21,26,30,32H,4,7,14-19,22H2;1H. The third kappa shape index (κ3) is 5.88. The number of piperidine rings is 1. The number of halogens is 1. The molecule has 2 aliphatic rings. The molecule has 0 radical (unpaired) electrons. The van der Waals surface area contributed by atoms with Crippen molar-refractivity contribution >= 4 is 24.6 Å². The Bertz CT molecular complexity index is 1160. The molecular formula is C31H35ClN2O2. The molecule has 1 fully saturated rings. The summed E-state index contributed by atoms with van der Waals surface area (Å²) >= 11 is 0. The molecule has 0 saturated carbocycles. The fourth-order valence-electron chi connectivity index (χ4n) is 5.73. The van der Waals surface area contributed by atoms with Crippen LogP contribution in [0, 0.1) is 5.92 Å². The fraction of sp³-hybridized carbons (Fsp3) is 0.355. The highest BCUT2D eigenvalue weighted by Crippen LogP contribution is 2.37. The van der Waals surface area contributed by atoms with E-state index in [1.165, 1.54) is 16.7 Å². The van der Waals surface area contributed by atoms with E-state index in [9.17, 15) is 9.59 Å². The first-order valence-electron chi connectivity index (χ1n) is 12.9. The summed E-state index contributed by atoms with van der Waals surface area (Å²) < 4.78 is 0. The first-order chi connectivity index (χ1) is 17.2. The van der Waals surface area contributed by atoms with E-state index < -0.39 is 0 Å². The van der Waals surface area contributed by atoms with Crippen LogP contribution in [-0.4, -0.2) is 43.3 Å². The molecule has 0 aliphatic carbocycles. The van der Waals surface area contributed by atoms with Gasteiger partial charge >= 0.3 is 0 Å². The summed E-state index contributed by atoms with van der Waals surface area (Å²) in [5, 5.41) is 3.49. The number of hydrogen-bond acceptors (Lipinski definition) is 3. The summed E-state index contributed by atoms with van der Waals surface area (Å²) in [6.07, 6.45) is 5.56. The van der Waals surface area contributed by atoms with Crippen LogP contribution in [0.4, 0.5) is 0 Å². The van der Waals surface area contributed by atoms with Gasteiger partial charge in [-0.15, -0.1) is 12.4 Å². The molecule has 3 aromatic carbocycles. The maximum absolute atomic E-state index is 13.5. The van der Waals surface area contributed by atoms with Gasteiger partial charge in [-0.25, -0.2) is 0 Å². The molecule has 2 aliphatic heterocycles. The van der Waals surface area contributed by atoms with E-state index >= 15 is 0 Å². The van der Waals surface area contributed by atoms with Crippen molar-refractivity contribution in [3.63, 3.8) is 0 Å². The second-order valence-electron chi connectivity index (χ2n) is 9.87. The van der Waals surface area contributed by atoms with Gasteiger partial charge in [-0.3, -0.25) is 4.79 Å². The Morgan fingerprint density at radius 3 is 2.39 bits per heavy atom. The molecule has 2 heterocycles. The van der Waals surface area contributed by atoms with Crippen molar-refractivity contribution in [3.8, 4) is 11.1 Å². The van der Waals surface area contributed by atoms with Crippen molar-refractivity contribution in [2.24, 2.45) is 5.92 Å². The molecule has 1 N–H and O–H groups in total. The number of nitrogens with zero attached hydrogens (tertiary/aromatic N) is 1. The number of aldehydes is 1. The lowest BCUT2D eigenvalue weighted by molar-refractivity contribution is -0.108. The number of rotatable bonds is 6. The summed E-state index contributed by atoms with van der Waals surface area (Å²) in [6, 6.07) is 25.2. The Morgan fingerprint density at radius 2 is 1.64 bits per heavy atom. The van der Waals surface area contributed by atoms with Crippen LogP contribution in [0.15, 0.2) is 72.8 Å². The van der Waals surface area contributed by atoms with E-state index in [1.54, 1.807) is 0 Å². The second-order valence-corrected chi connectivity index (χ2v) is 9.87. The highest BCUT2D eigenvalue weighted by atomic mass is 35.5. The fourth-order valence-corrected chi connectivity index (χ4v) is 5.73. The molecule has 2 unspecified atom stereocenters. The predicted octanol–water partition coefficient (Wildman–Crippen LogP) is 5.69. The monoisotopic (exact) mass is 502 g/mol. The smallest absolute Gasteiger partial charge is 0.253 e. The summed E-state index contributed by atoms with van der Waals surface area (Å²) in [7, 11) is 0. The van der Waals surface area contributed by atoms with E-state index in [-0.39, 0.29) is 24.2 Å². The largest absolute Gasteiger partial charge is 0.338 e. The Balaban J connectivity index is 0.00000304. The maximum atomic E-state index is 13.5. The number of carbonyl (C=O) groups excluding carboxylic acids is 2. The lowest BCUT2D eigenvalue weighted by Gasteiger charge is -2.39. The van der Waals surface area contributed by atoms with E-state index in [2.05, 4.69) is 35.6 Å². The molecule has 0 bridgehead atoms. The van der Waals surface area contributed by atoms with Crippen molar-refractivity contribution in [2.45, 2.75) is 38.0 Å². The SMILES string of the molecule is Cl.O=CCCC1CCN(C(=O)c2ccc(-c3ccccc3)cc2)CC1c1ccc2c(c1)CCNCC2. The van der Waals surface area contributed by atoms with E-state index in [0.717, 1.165) is 68.3 Å². The summed E-state index contributed by atoms with van der Waals surface area (Å²) in [5.41, 5.74) is 7.20. The minimum atomic E-state index is 0. The molecule has 3 aromatic rings. The first-order valence-corrected chi connectivity index (χ1v) is 12.9. The first kappa shape index (κ1) is 26.1. The molecule has 36 heavy (non-hydrogen) atoms. The zero-order valence-corrected chi connectivity index (χ0v) is 21.5. The molecule has 5 heteroatoms. The number of benzene rings is 3. The quantitative estimate of drug-likeness (QED) is 0.440. The van der Waals surface area contributed by atoms with Gasteiger partial charge in [0.05, 0.1) is 0 Å². The van der Waals surface area contributed by atoms with Crippen LogP contribution in [0.1, 0.15) is 52.2 Å². The van der Waals surface area contributed by atoms with Gasteiger partial charge < -0.3 is 15.0 Å². The highest BCUT2D eigenvalue weighted by Gasteiger charge is 2.33. The van der Waals surface area contributed by atoms with Gasteiger partial charge in [0.15, 0.2) is 0 Å². The van der Waals surface area contributed by atoms with Crippen LogP contribution in [0.5, 0.6) is 0 Å². The van der Waals surface area contributed by atoms with Crippen LogP contribution in [0.2, 0.25) is 0 Å². The number of carbonyl (C=O) groups is 2. The number of likely N-dealkylation sites (tertiary alicyclic amines) is 1. The van der Waals surface area contributed by atoms with E-state index in [1.807, 2.05) is 47.4 Å². The van der Waals surface area contributed by atoms with Crippen LogP contribution in [0.25, 0.3) is 11.1 Å². The van der Waals surface area contributed by atoms with E-state index in [4.69, 9.17) is 0 Å². The van der Waals surface area contributed by atoms with Crippen LogP contribution >= 0.6 is 12.4 Å². The number of fused-ring (bicyclic) bond motifs is 1. The molecule has 1 amide bonds. The van der Waals surface area contributed by atoms with Crippen molar-refractivity contribution in [1.82, 2.24) is 10.2 Å². The molecule has 4 nitrogen and oxygen atoms in total. The van der Waals surface area contributed by atoms with Gasteiger partial charge in [0, 0.05) is 31.0 Å². The normalized spacial score (nSPS) is 19.5. The van der Waals surface area contributed by atoms with Crippen molar-refractivity contribution in [1.29, 1.82) is 0 Å². The van der Waals surface area contributed by atoms with Crippen LogP contribution in [0.3, 0.4) is 0 Å². The third-order valence-electron chi connectivity index (χ3n) is 7.74. The maximum Gasteiger partial charge on any atom is 0.253 e. The molecule has 5 rings (SSSR count). The minimum Gasteiger partial charge on any atom is -0.338 e. The summed E-state index contributed by atoms with van der Waals surface area (Å²) in [4.78, 5) is 26.6. The zero-order valence-electron chi connectivity index (χ0n) is 20.7. The lowest BCUT2D eigenvalue weighted by Crippen LogP contribution is -2.43. The zero-order chi connectivity index (χ0) is 24.0. The van der Waals surface area contributed by atoms with Gasteiger partial charge in [-0.05, 0) is 84.6 Å². The summed E-state index contributed by atoms with van der Waals surface area (Å²) in [6.45, 7) is 3.50. The Hall–Kier alpha value is -2.95. The average molecular weight is 503 g/mol. The topological polar surface area (TPSA) is 49.4 Å². The average Bonchev–Trinajstić information content (AvgIpc) is 3.17. The third-order valence-corrected chi connectivity index (χ3v) is 7.74. The second kappa shape index (κ2) is 12.3. The number of hydrogen-bond donors (Lipinski definition) is 1. The molecule has 1 saturated heterocycles. The highest BCUT2D eigenvalue weighted by molar-refractivity contribution is 5.94. The number of nitrogens with one attached hydrogen (secondary N) is 1. The Kier molecular flexibility index (Phi) is 8.95. The number of amides is 1. The van der Waals surface area contributed by atoms with Gasteiger partial charge in [-0.2, -0.15) is 0 Å². The van der Waals surface area contributed by atoms with Crippen LogP contribution in [-0.2, 0) is 17.6 Å². The van der Waals surface area contributed by atoms with Gasteiger partial charge in [-0.1, -0.05) is 60.7 Å². The van der Waals surface area contributed by atoms with Gasteiger partial charge in [0.1, 0.15) is 6.29 Å². The Morgan fingerprint density at radius 1 is 0.917 bits per heavy atom. The Labute approximate surface area is 220 Å². The van der Waals surface area contributed by atoms with Crippen LogP contribution < -0.4 is 5.32 Å². The van der Waals surface area contributed by atoms with E-state index in [0.29, 0.717) is 18.9 Å². The predicted molar refractivity (Wildman–Crippen MR) is 148 cm³/mol. The molecule has 0 spiro atoms. The molecular weight excluding hydrogens is 468 g/mol. The van der Waals surface area contributed by atoms with Crippen molar-refractivity contribution in [3.05, 3.63) is 95.1 Å². The summed E-state index contributed by atoms with van der Waals surface area (Å²) in [5.74, 6) is 0.784. The molecule has 188 valence electrons. The lowest BCUT2D eigenvalue weighted by atomic mass is 9.77. The van der Waals surface area contributed by atoms with Gasteiger partial charge in [0.2, 0.25) is 0 Å². The molecule has 0 aromatic heterocycles. The molecule has 2 atom stereocenters. The van der Waals surface area contributed by atoms with Crippen molar-refractivity contribution in [2.75, 3.05) is 26.2 Å². The van der Waals surface area contributed by atoms with Gasteiger partial charge in [0.25, 0.3) is 5.91 Å². The van der Waals surface area contributed by atoms with Crippen molar-refractivity contribution < 1.29 is 9.59 Å².